The Kier molecular flexibility index (Phi) is 2.79. The van der Waals surface area contributed by atoms with Gasteiger partial charge in [0.25, 0.3) is 0 Å². The minimum atomic E-state index is -2.02. The molecule has 3 rings (SSSR count). The molecule has 0 radical (unpaired) electrons. The monoisotopic (exact) mass is 279 g/mol. The number of fused-ring (bicyclic) bond motifs is 3. The second-order valence-corrected chi connectivity index (χ2v) is 4.89. The standard InChI is InChI=1S/C13H13NO6/c14-13-7-4-2-1-3-6(7)5-8(13)19-11(17)9(15)10(16)12(18)20-13/h1-4,8-10,15-16H,5,14H2. The van der Waals surface area contributed by atoms with Gasteiger partial charge in [-0.1, -0.05) is 24.3 Å². The summed E-state index contributed by atoms with van der Waals surface area (Å²) in [5.74, 6) is -2.25. The number of esters is 2. The van der Waals surface area contributed by atoms with Crippen LogP contribution in [0.3, 0.4) is 0 Å². The molecule has 0 aromatic heterocycles. The number of aliphatic hydroxyl groups is 2. The fourth-order valence-corrected chi connectivity index (χ4v) is 2.55. The third-order valence-electron chi connectivity index (χ3n) is 3.63. The number of hydrogen-bond acceptors (Lipinski definition) is 7. The SMILES string of the molecule is NC12OC(=O)C(O)C(O)C(=O)OC1Cc1ccccc12. The van der Waals surface area contributed by atoms with Crippen LogP contribution in [0.4, 0.5) is 0 Å². The van der Waals surface area contributed by atoms with Crippen LogP contribution in [-0.2, 0) is 31.2 Å². The highest BCUT2D eigenvalue weighted by Crippen LogP contribution is 2.39. The van der Waals surface area contributed by atoms with Gasteiger partial charge in [0.2, 0.25) is 5.72 Å². The van der Waals surface area contributed by atoms with Crippen LogP contribution in [0.15, 0.2) is 24.3 Å². The van der Waals surface area contributed by atoms with Gasteiger partial charge in [-0.3, -0.25) is 5.73 Å². The van der Waals surface area contributed by atoms with Crippen LogP contribution in [0.2, 0.25) is 0 Å². The van der Waals surface area contributed by atoms with E-state index < -0.39 is 36.0 Å². The maximum absolute atomic E-state index is 11.8. The summed E-state index contributed by atoms with van der Waals surface area (Å²) < 4.78 is 10.2. The van der Waals surface area contributed by atoms with Crippen molar-refractivity contribution in [2.75, 3.05) is 0 Å². The molecule has 1 aliphatic carbocycles. The normalized spacial score (nSPS) is 36.2. The number of nitrogens with two attached hydrogens (primary N) is 1. The lowest BCUT2D eigenvalue weighted by Crippen LogP contribution is -2.57. The first-order valence-corrected chi connectivity index (χ1v) is 6.10. The molecule has 7 nitrogen and oxygen atoms in total. The maximum atomic E-state index is 11.8. The average molecular weight is 279 g/mol. The summed E-state index contributed by atoms with van der Waals surface area (Å²) in [6, 6.07) is 6.95. The van der Waals surface area contributed by atoms with Crippen molar-refractivity contribution in [1.82, 2.24) is 0 Å². The molecule has 1 aromatic carbocycles. The van der Waals surface area contributed by atoms with Gasteiger partial charge in [0.1, 0.15) is 0 Å². The van der Waals surface area contributed by atoms with Gasteiger partial charge in [0.15, 0.2) is 18.3 Å². The number of aliphatic hydroxyl groups excluding tert-OH is 2. The van der Waals surface area contributed by atoms with Crippen molar-refractivity contribution >= 4 is 11.9 Å². The Bertz CT molecular complexity index is 588. The lowest BCUT2D eigenvalue weighted by molar-refractivity contribution is -0.214. The first kappa shape index (κ1) is 13.0. The molecule has 1 heterocycles. The fraction of sp³-hybridized carbons (Fsp3) is 0.385. The third-order valence-corrected chi connectivity index (χ3v) is 3.63. The number of carbonyl (C=O) groups excluding carboxylic acids is 2. The molecular formula is C13H13NO6. The molecule has 7 heteroatoms. The van der Waals surface area contributed by atoms with Crippen molar-refractivity contribution in [1.29, 1.82) is 0 Å². The van der Waals surface area contributed by atoms with Crippen molar-refractivity contribution in [3.63, 3.8) is 0 Å². The molecule has 0 spiro atoms. The Hall–Kier alpha value is -1.96. The second-order valence-electron chi connectivity index (χ2n) is 4.89. The number of carbonyl (C=O) groups is 2. The molecule has 4 N–H and O–H groups in total. The van der Waals surface area contributed by atoms with Gasteiger partial charge in [0, 0.05) is 12.0 Å². The van der Waals surface area contributed by atoms with Crippen LogP contribution in [0.1, 0.15) is 11.1 Å². The molecule has 106 valence electrons. The molecule has 0 amide bonds. The summed E-state index contributed by atoms with van der Waals surface area (Å²) in [5, 5.41) is 19.0. The number of ether oxygens (including phenoxy) is 2. The molecular weight excluding hydrogens is 266 g/mol. The Morgan fingerprint density at radius 2 is 1.80 bits per heavy atom. The van der Waals surface area contributed by atoms with E-state index in [2.05, 4.69) is 0 Å². The second kappa shape index (κ2) is 4.27. The first-order valence-electron chi connectivity index (χ1n) is 6.10. The molecule has 4 atom stereocenters. The van der Waals surface area contributed by atoms with E-state index in [4.69, 9.17) is 15.2 Å². The van der Waals surface area contributed by atoms with Crippen molar-refractivity contribution in [3.05, 3.63) is 35.4 Å². The smallest absolute Gasteiger partial charge is 0.340 e. The summed E-state index contributed by atoms with van der Waals surface area (Å²) in [4.78, 5) is 23.4. The minimum Gasteiger partial charge on any atom is -0.454 e. The summed E-state index contributed by atoms with van der Waals surface area (Å²) in [7, 11) is 0. The van der Waals surface area contributed by atoms with Crippen LogP contribution in [0.25, 0.3) is 0 Å². The zero-order valence-corrected chi connectivity index (χ0v) is 10.4. The lowest BCUT2D eigenvalue weighted by atomic mass is 10.0. The van der Waals surface area contributed by atoms with Gasteiger partial charge in [-0.05, 0) is 5.56 Å². The first-order chi connectivity index (χ1) is 9.43. The predicted molar refractivity (Wildman–Crippen MR) is 64.0 cm³/mol. The molecule has 1 aromatic rings. The highest BCUT2D eigenvalue weighted by Gasteiger charge is 2.53. The van der Waals surface area contributed by atoms with E-state index in [0.717, 1.165) is 5.56 Å². The lowest BCUT2D eigenvalue weighted by Gasteiger charge is -2.35. The average Bonchev–Trinajstić information content (AvgIpc) is 2.69. The zero-order valence-electron chi connectivity index (χ0n) is 10.4. The summed E-state index contributed by atoms with van der Waals surface area (Å²) in [6.45, 7) is 0. The van der Waals surface area contributed by atoms with Gasteiger partial charge >= 0.3 is 11.9 Å². The maximum Gasteiger partial charge on any atom is 0.340 e. The van der Waals surface area contributed by atoms with Crippen molar-refractivity contribution < 1.29 is 29.3 Å². The Labute approximate surface area is 113 Å². The van der Waals surface area contributed by atoms with Crippen molar-refractivity contribution in [2.24, 2.45) is 5.73 Å². The largest absolute Gasteiger partial charge is 0.454 e. The van der Waals surface area contributed by atoms with Gasteiger partial charge in [-0.2, -0.15) is 0 Å². The van der Waals surface area contributed by atoms with E-state index in [0.29, 0.717) is 5.56 Å². The molecule has 0 saturated carbocycles. The Morgan fingerprint density at radius 1 is 1.15 bits per heavy atom. The number of rotatable bonds is 0. The highest BCUT2D eigenvalue weighted by molar-refractivity contribution is 5.86. The van der Waals surface area contributed by atoms with E-state index in [1.165, 1.54) is 0 Å². The molecule has 2 aliphatic rings. The molecule has 4 unspecified atom stereocenters. The molecule has 1 aliphatic heterocycles. The van der Waals surface area contributed by atoms with Crippen molar-refractivity contribution in [2.45, 2.75) is 30.5 Å². The molecule has 0 bridgehead atoms. The van der Waals surface area contributed by atoms with Crippen LogP contribution in [0, 0.1) is 0 Å². The van der Waals surface area contributed by atoms with E-state index >= 15 is 0 Å². The van der Waals surface area contributed by atoms with Gasteiger partial charge in [0.05, 0.1) is 0 Å². The summed E-state index contributed by atoms with van der Waals surface area (Å²) in [6.07, 6.45) is -4.65. The van der Waals surface area contributed by atoms with Crippen LogP contribution >= 0.6 is 0 Å². The predicted octanol–water partition coefficient (Wildman–Crippen LogP) is -1.46. The Balaban J connectivity index is 2.06. The van der Waals surface area contributed by atoms with Crippen LogP contribution in [0.5, 0.6) is 0 Å². The topological polar surface area (TPSA) is 119 Å². The quantitative estimate of drug-likeness (QED) is 0.497. The van der Waals surface area contributed by atoms with E-state index in [1.54, 1.807) is 24.3 Å². The van der Waals surface area contributed by atoms with E-state index in [9.17, 15) is 19.8 Å². The fourth-order valence-electron chi connectivity index (χ4n) is 2.55. The summed E-state index contributed by atoms with van der Waals surface area (Å²) >= 11 is 0. The highest BCUT2D eigenvalue weighted by atomic mass is 16.6. The van der Waals surface area contributed by atoms with Crippen molar-refractivity contribution in [3.8, 4) is 0 Å². The molecule has 1 fully saturated rings. The molecule has 1 saturated heterocycles. The Morgan fingerprint density at radius 3 is 2.55 bits per heavy atom. The number of hydrogen-bond donors (Lipinski definition) is 3. The minimum absolute atomic E-state index is 0.272. The van der Waals surface area contributed by atoms with Gasteiger partial charge in [-0.15, -0.1) is 0 Å². The summed E-state index contributed by atoms with van der Waals surface area (Å²) in [5.41, 5.74) is 5.75. The zero-order chi connectivity index (χ0) is 14.5. The number of benzene rings is 1. The molecule has 20 heavy (non-hydrogen) atoms. The van der Waals surface area contributed by atoms with Gasteiger partial charge < -0.3 is 19.7 Å². The van der Waals surface area contributed by atoms with Crippen LogP contribution in [-0.4, -0.2) is 40.5 Å². The van der Waals surface area contributed by atoms with Gasteiger partial charge in [-0.25, -0.2) is 9.59 Å². The third kappa shape index (κ3) is 1.71. The van der Waals surface area contributed by atoms with E-state index in [1.807, 2.05) is 0 Å². The van der Waals surface area contributed by atoms with Crippen LogP contribution < -0.4 is 5.73 Å². The van der Waals surface area contributed by atoms with E-state index in [-0.39, 0.29) is 6.42 Å².